The molecule has 0 aromatic carbocycles. The molecule has 1 N–H and O–H groups in total. The lowest BCUT2D eigenvalue weighted by Gasteiger charge is -2.36. The van der Waals surface area contributed by atoms with Crippen molar-refractivity contribution in [1.29, 1.82) is 0 Å². The lowest BCUT2D eigenvalue weighted by atomic mass is 10.0. The van der Waals surface area contributed by atoms with Crippen LogP contribution in [-0.2, 0) is 9.53 Å². The third-order valence-corrected chi connectivity index (χ3v) is 7.55. The molecule has 3 aliphatic rings. The fraction of sp³-hybridized carbons (Fsp3) is 0.583. The SMILES string of the molecule is Cc1c(N2CCC[C@H]2[C@H]2CC[C@H](CC(=O)N3CCN(c4ccc(Cl)cn4)CC3)O2)cn[nH]c1=O. The molecule has 0 bridgehead atoms. The van der Waals surface area contributed by atoms with Crippen LogP contribution < -0.4 is 15.4 Å². The lowest BCUT2D eigenvalue weighted by molar-refractivity contribution is -0.134. The molecule has 9 nitrogen and oxygen atoms in total. The molecule has 3 fully saturated rings. The third kappa shape index (κ3) is 4.77. The maximum Gasteiger partial charge on any atom is 0.269 e. The molecule has 3 saturated heterocycles. The van der Waals surface area contributed by atoms with Crippen LogP contribution in [0.4, 0.5) is 11.5 Å². The van der Waals surface area contributed by atoms with E-state index in [0.717, 1.165) is 56.8 Å². The zero-order valence-electron chi connectivity index (χ0n) is 19.5. The number of nitrogens with zero attached hydrogens (tertiary/aromatic N) is 5. The highest BCUT2D eigenvalue weighted by Gasteiger charge is 2.39. The molecule has 0 saturated carbocycles. The Balaban J connectivity index is 1.14. The first-order valence-corrected chi connectivity index (χ1v) is 12.5. The van der Waals surface area contributed by atoms with Gasteiger partial charge in [-0.1, -0.05) is 11.6 Å². The summed E-state index contributed by atoms with van der Waals surface area (Å²) in [4.78, 5) is 35.8. The van der Waals surface area contributed by atoms with Gasteiger partial charge < -0.3 is 19.4 Å². The number of halogens is 1. The highest BCUT2D eigenvalue weighted by atomic mass is 35.5. The number of H-pyrrole nitrogens is 1. The van der Waals surface area contributed by atoms with Crippen LogP contribution in [-0.4, -0.2) is 77.0 Å². The van der Waals surface area contributed by atoms with Crippen molar-refractivity contribution in [3.8, 4) is 0 Å². The number of nitrogens with one attached hydrogen (secondary N) is 1. The van der Waals surface area contributed by atoms with Gasteiger partial charge in [0, 0.05) is 44.5 Å². The van der Waals surface area contributed by atoms with E-state index < -0.39 is 0 Å². The fourth-order valence-electron chi connectivity index (χ4n) is 5.45. The zero-order chi connectivity index (χ0) is 23.7. The number of carbonyl (C=O) groups is 1. The van der Waals surface area contributed by atoms with Gasteiger partial charge in [-0.05, 0) is 44.7 Å². The molecule has 2 aromatic heterocycles. The van der Waals surface area contributed by atoms with Crippen molar-refractivity contribution in [3.63, 3.8) is 0 Å². The summed E-state index contributed by atoms with van der Waals surface area (Å²) in [5.74, 6) is 1.05. The van der Waals surface area contributed by atoms with Crippen LogP contribution in [0.2, 0.25) is 5.02 Å². The van der Waals surface area contributed by atoms with Crippen LogP contribution in [0.1, 0.15) is 37.7 Å². The van der Waals surface area contributed by atoms with Gasteiger partial charge in [0.25, 0.3) is 5.56 Å². The van der Waals surface area contributed by atoms with Gasteiger partial charge in [-0.15, -0.1) is 0 Å². The number of amides is 1. The summed E-state index contributed by atoms with van der Waals surface area (Å²) in [5, 5.41) is 7.13. The maximum absolute atomic E-state index is 13.0. The van der Waals surface area contributed by atoms with Crippen LogP contribution >= 0.6 is 11.6 Å². The molecule has 34 heavy (non-hydrogen) atoms. The summed E-state index contributed by atoms with van der Waals surface area (Å²) in [6.45, 7) is 5.62. The van der Waals surface area contributed by atoms with E-state index in [1.54, 1.807) is 12.4 Å². The number of aromatic nitrogens is 3. The second-order valence-corrected chi connectivity index (χ2v) is 9.83. The van der Waals surface area contributed by atoms with Crippen LogP contribution in [0.5, 0.6) is 0 Å². The Hall–Kier alpha value is -2.65. The minimum Gasteiger partial charge on any atom is -0.372 e. The van der Waals surface area contributed by atoms with Crippen LogP contribution in [0.3, 0.4) is 0 Å². The van der Waals surface area contributed by atoms with Crippen molar-refractivity contribution >= 4 is 29.0 Å². The molecule has 3 aliphatic heterocycles. The Morgan fingerprint density at radius 2 is 1.97 bits per heavy atom. The predicted octanol–water partition coefficient (Wildman–Crippen LogP) is 2.38. The van der Waals surface area contributed by atoms with E-state index in [4.69, 9.17) is 16.3 Å². The molecule has 1 amide bonds. The number of anilines is 2. The van der Waals surface area contributed by atoms with Crippen molar-refractivity contribution in [2.24, 2.45) is 0 Å². The number of piperazine rings is 1. The summed E-state index contributed by atoms with van der Waals surface area (Å²) in [6, 6.07) is 3.98. The normalized spacial score (nSPS) is 25.2. The topological polar surface area (TPSA) is 94.7 Å². The highest BCUT2D eigenvalue weighted by Crippen LogP contribution is 2.35. The Bertz CT molecular complexity index is 1070. The van der Waals surface area contributed by atoms with Gasteiger partial charge in [-0.3, -0.25) is 9.59 Å². The van der Waals surface area contributed by atoms with Gasteiger partial charge in [0.15, 0.2) is 0 Å². The molecule has 5 heterocycles. The minimum atomic E-state index is -0.147. The van der Waals surface area contributed by atoms with E-state index >= 15 is 0 Å². The molecule has 0 radical (unpaired) electrons. The number of carbonyl (C=O) groups excluding carboxylic acids is 1. The summed E-state index contributed by atoms with van der Waals surface area (Å²) in [6.07, 6.45) is 7.76. The standard InChI is InChI=1S/C24H31ClN6O3/c1-16-20(15-27-28-24(16)33)31-8-2-3-19(31)21-6-5-18(34-21)13-23(32)30-11-9-29(10-12-30)22-7-4-17(25)14-26-22/h4,7,14-15,18-19,21H,2-3,5-6,8-13H2,1H3,(H,28,33)/t18-,19+,21-/m1/s1. The van der Waals surface area contributed by atoms with E-state index in [9.17, 15) is 9.59 Å². The number of ether oxygens (including phenoxy) is 1. The molecule has 182 valence electrons. The first kappa shape index (κ1) is 23.1. The molecule has 5 rings (SSSR count). The van der Waals surface area contributed by atoms with E-state index in [0.29, 0.717) is 30.1 Å². The van der Waals surface area contributed by atoms with Crippen molar-refractivity contribution in [2.45, 2.75) is 57.3 Å². The summed E-state index contributed by atoms with van der Waals surface area (Å²) in [5.41, 5.74) is 1.44. The van der Waals surface area contributed by atoms with Crippen molar-refractivity contribution in [1.82, 2.24) is 20.1 Å². The van der Waals surface area contributed by atoms with Crippen molar-refractivity contribution < 1.29 is 9.53 Å². The van der Waals surface area contributed by atoms with E-state index in [2.05, 4.69) is 25.0 Å². The molecule has 10 heteroatoms. The molecule has 0 aliphatic carbocycles. The lowest BCUT2D eigenvalue weighted by Crippen LogP contribution is -2.49. The second-order valence-electron chi connectivity index (χ2n) is 9.39. The van der Waals surface area contributed by atoms with E-state index in [1.807, 2.05) is 24.0 Å². The molecule has 3 atom stereocenters. The first-order chi connectivity index (χ1) is 16.5. The predicted molar refractivity (Wildman–Crippen MR) is 131 cm³/mol. The molecule has 2 aromatic rings. The smallest absolute Gasteiger partial charge is 0.269 e. The largest absolute Gasteiger partial charge is 0.372 e. The molecular formula is C24H31ClN6O3. The van der Waals surface area contributed by atoms with Gasteiger partial charge in [-0.25, -0.2) is 10.1 Å². The summed E-state index contributed by atoms with van der Waals surface area (Å²) >= 11 is 5.94. The van der Waals surface area contributed by atoms with Gasteiger partial charge in [0.2, 0.25) is 5.91 Å². The van der Waals surface area contributed by atoms with Crippen LogP contribution in [0, 0.1) is 6.92 Å². The summed E-state index contributed by atoms with van der Waals surface area (Å²) < 4.78 is 6.40. The van der Waals surface area contributed by atoms with Gasteiger partial charge in [0.1, 0.15) is 5.82 Å². The Labute approximate surface area is 204 Å². The van der Waals surface area contributed by atoms with Gasteiger partial charge in [-0.2, -0.15) is 5.10 Å². The number of hydrogen-bond acceptors (Lipinski definition) is 7. The summed E-state index contributed by atoms with van der Waals surface area (Å²) in [7, 11) is 0. The van der Waals surface area contributed by atoms with Crippen LogP contribution in [0.15, 0.2) is 29.3 Å². The van der Waals surface area contributed by atoms with Crippen molar-refractivity contribution in [2.75, 3.05) is 42.5 Å². The number of aromatic amines is 1. The van der Waals surface area contributed by atoms with Crippen LogP contribution in [0.25, 0.3) is 0 Å². The first-order valence-electron chi connectivity index (χ1n) is 12.1. The average Bonchev–Trinajstić information content (AvgIpc) is 3.51. The Morgan fingerprint density at radius 3 is 2.74 bits per heavy atom. The zero-order valence-corrected chi connectivity index (χ0v) is 20.2. The Kier molecular flexibility index (Phi) is 6.74. The van der Waals surface area contributed by atoms with Gasteiger partial charge >= 0.3 is 0 Å². The second kappa shape index (κ2) is 9.92. The number of hydrogen-bond donors (Lipinski definition) is 1. The molecule has 0 spiro atoms. The third-order valence-electron chi connectivity index (χ3n) is 7.33. The monoisotopic (exact) mass is 486 g/mol. The minimum absolute atomic E-state index is 0.0469. The number of pyridine rings is 1. The highest BCUT2D eigenvalue weighted by molar-refractivity contribution is 6.30. The van der Waals surface area contributed by atoms with E-state index in [1.165, 1.54) is 0 Å². The molecule has 0 unspecified atom stereocenters. The quantitative estimate of drug-likeness (QED) is 0.693. The fourth-order valence-corrected chi connectivity index (χ4v) is 5.56. The maximum atomic E-state index is 13.0. The average molecular weight is 487 g/mol. The Morgan fingerprint density at radius 1 is 1.15 bits per heavy atom. The van der Waals surface area contributed by atoms with E-state index in [-0.39, 0.29) is 29.7 Å². The van der Waals surface area contributed by atoms with Crippen molar-refractivity contribution in [3.05, 3.63) is 45.5 Å². The molecular weight excluding hydrogens is 456 g/mol. The number of rotatable bonds is 5. The van der Waals surface area contributed by atoms with Gasteiger partial charge in [0.05, 0.1) is 41.6 Å².